The summed E-state index contributed by atoms with van der Waals surface area (Å²) in [6.07, 6.45) is 3.44. The van der Waals surface area contributed by atoms with Gasteiger partial charge < -0.3 is 15.2 Å². The van der Waals surface area contributed by atoms with Gasteiger partial charge in [-0.25, -0.2) is 4.79 Å². The maximum atomic E-state index is 10.9. The lowest BCUT2D eigenvalue weighted by Gasteiger charge is -2.05. The molecule has 0 atom stereocenters. The van der Waals surface area contributed by atoms with Gasteiger partial charge in [-0.2, -0.15) is 0 Å². The summed E-state index contributed by atoms with van der Waals surface area (Å²) in [6, 6.07) is 4.60. The van der Waals surface area contributed by atoms with Gasteiger partial charge in [-0.05, 0) is 18.2 Å². The molecule has 2 N–H and O–H groups in total. The molecule has 18 heavy (non-hydrogen) atoms. The van der Waals surface area contributed by atoms with Crippen molar-refractivity contribution in [3.05, 3.63) is 35.4 Å². The first kappa shape index (κ1) is 13.8. The van der Waals surface area contributed by atoms with Crippen LogP contribution in [0, 0.1) is 0 Å². The average molecular weight is 249 g/mol. The third-order valence-corrected chi connectivity index (χ3v) is 2.24. The van der Waals surface area contributed by atoms with E-state index in [0.717, 1.165) is 0 Å². The van der Waals surface area contributed by atoms with Crippen LogP contribution in [0.25, 0.3) is 6.08 Å². The van der Waals surface area contributed by atoms with E-state index in [9.17, 15) is 9.59 Å². The predicted molar refractivity (Wildman–Crippen MR) is 67.7 cm³/mol. The van der Waals surface area contributed by atoms with Gasteiger partial charge in [0.25, 0.3) is 0 Å². The van der Waals surface area contributed by atoms with Crippen molar-refractivity contribution in [1.82, 2.24) is 5.32 Å². The molecule has 5 heteroatoms. The predicted octanol–water partition coefficient (Wildman–Crippen LogP) is 1.54. The number of methoxy groups -OCH3 is 1. The zero-order chi connectivity index (χ0) is 13.5. The van der Waals surface area contributed by atoms with E-state index in [4.69, 9.17) is 9.84 Å². The van der Waals surface area contributed by atoms with E-state index in [1.54, 1.807) is 18.2 Å². The second-order valence-electron chi connectivity index (χ2n) is 3.60. The first-order valence-electron chi connectivity index (χ1n) is 5.37. The molecule has 0 aromatic heterocycles. The third kappa shape index (κ3) is 3.93. The number of amides is 1. The van der Waals surface area contributed by atoms with Crippen molar-refractivity contribution in [2.45, 2.75) is 6.92 Å². The van der Waals surface area contributed by atoms with Crippen LogP contribution in [0.5, 0.6) is 5.75 Å². The maximum Gasteiger partial charge on any atom is 0.335 e. The highest BCUT2D eigenvalue weighted by Gasteiger charge is 2.06. The molecule has 0 unspecified atom stereocenters. The van der Waals surface area contributed by atoms with Crippen LogP contribution in [0.4, 0.5) is 0 Å². The molecule has 0 aliphatic heterocycles. The Balaban J connectivity index is 2.87. The van der Waals surface area contributed by atoms with Crippen molar-refractivity contribution < 1.29 is 19.4 Å². The van der Waals surface area contributed by atoms with E-state index in [1.807, 2.05) is 0 Å². The molecule has 1 amide bonds. The molecular formula is C13H15NO4. The Hall–Kier alpha value is -2.30. The first-order chi connectivity index (χ1) is 8.54. The van der Waals surface area contributed by atoms with E-state index < -0.39 is 5.97 Å². The second-order valence-corrected chi connectivity index (χ2v) is 3.60. The molecule has 0 bridgehead atoms. The minimum Gasteiger partial charge on any atom is -0.496 e. The molecule has 0 aliphatic carbocycles. The minimum absolute atomic E-state index is 0.120. The zero-order valence-electron chi connectivity index (χ0n) is 10.3. The standard InChI is InChI=1S/C13H15NO4/c1-9(15)14-7-3-4-10-8-11(13(16)17)5-6-12(10)18-2/h3-6,8H,7H2,1-2H3,(H,14,15)(H,16,17). The summed E-state index contributed by atoms with van der Waals surface area (Å²) in [5, 5.41) is 11.5. The number of carboxylic acid groups (broad SMARTS) is 1. The Kier molecular flexibility index (Phi) is 4.92. The molecule has 0 radical (unpaired) electrons. The summed E-state index contributed by atoms with van der Waals surface area (Å²) in [6.45, 7) is 1.81. The second kappa shape index (κ2) is 6.44. The van der Waals surface area contributed by atoms with E-state index in [-0.39, 0.29) is 11.5 Å². The number of rotatable bonds is 5. The molecule has 0 fully saturated rings. The number of nitrogens with one attached hydrogen (secondary N) is 1. The van der Waals surface area contributed by atoms with Crippen molar-refractivity contribution >= 4 is 18.0 Å². The van der Waals surface area contributed by atoms with Crippen LogP contribution in [-0.2, 0) is 4.79 Å². The highest BCUT2D eigenvalue weighted by atomic mass is 16.5. The Morgan fingerprint density at radius 1 is 1.44 bits per heavy atom. The van der Waals surface area contributed by atoms with E-state index in [1.165, 1.54) is 26.2 Å². The van der Waals surface area contributed by atoms with Gasteiger partial charge in [-0.15, -0.1) is 0 Å². The lowest BCUT2D eigenvalue weighted by atomic mass is 10.1. The van der Waals surface area contributed by atoms with Crippen LogP contribution in [0.1, 0.15) is 22.8 Å². The fraction of sp³-hybridized carbons (Fsp3) is 0.231. The van der Waals surface area contributed by atoms with Crippen LogP contribution < -0.4 is 10.1 Å². The largest absolute Gasteiger partial charge is 0.496 e. The molecule has 1 rings (SSSR count). The van der Waals surface area contributed by atoms with Crippen LogP contribution >= 0.6 is 0 Å². The number of carboxylic acids is 1. The summed E-state index contributed by atoms with van der Waals surface area (Å²) >= 11 is 0. The van der Waals surface area contributed by atoms with Crippen LogP contribution in [0.15, 0.2) is 24.3 Å². The Morgan fingerprint density at radius 3 is 2.72 bits per heavy atom. The first-order valence-corrected chi connectivity index (χ1v) is 5.37. The Labute approximate surface area is 105 Å². The van der Waals surface area contributed by atoms with Gasteiger partial charge in [0.2, 0.25) is 5.91 Å². The van der Waals surface area contributed by atoms with Gasteiger partial charge >= 0.3 is 5.97 Å². The molecule has 0 heterocycles. The number of ether oxygens (including phenoxy) is 1. The number of benzene rings is 1. The molecule has 1 aromatic rings. The summed E-state index contributed by atoms with van der Waals surface area (Å²) in [5.74, 6) is -0.529. The SMILES string of the molecule is COc1ccc(C(=O)O)cc1C=CCNC(C)=O. The summed E-state index contributed by atoms with van der Waals surface area (Å²) in [7, 11) is 1.51. The van der Waals surface area contributed by atoms with Gasteiger partial charge in [-0.1, -0.05) is 12.2 Å². The number of carbonyl (C=O) groups excluding carboxylic acids is 1. The summed E-state index contributed by atoms with van der Waals surface area (Å²) < 4.78 is 5.13. The lowest BCUT2D eigenvalue weighted by Crippen LogP contribution is -2.19. The lowest BCUT2D eigenvalue weighted by molar-refractivity contribution is -0.118. The molecule has 5 nitrogen and oxygen atoms in total. The van der Waals surface area contributed by atoms with Crippen molar-refractivity contribution in [1.29, 1.82) is 0 Å². The van der Waals surface area contributed by atoms with Crippen molar-refractivity contribution in [3.63, 3.8) is 0 Å². The molecule has 0 spiro atoms. The number of aromatic carboxylic acids is 1. The van der Waals surface area contributed by atoms with E-state index in [0.29, 0.717) is 17.9 Å². The summed E-state index contributed by atoms with van der Waals surface area (Å²) in [5.41, 5.74) is 0.845. The van der Waals surface area contributed by atoms with Crippen LogP contribution in [-0.4, -0.2) is 30.6 Å². The van der Waals surface area contributed by atoms with Crippen molar-refractivity contribution in [3.8, 4) is 5.75 Å². The average Bonchev–Trinajstić information content (AvgIpc) is 2.34. The maximum absolute atomic E-state index is 10.9. The van der Waals surface area contributed by atoms with Crippen LogP contribution in [0.3, 0.4) is 0 Å². The summed E-state index contributed by atoms with van der Waals surface area (Å²) in [4.78, 5) is 21.5. The van der Waals surface area contributed by atoms with Gasteiger partial charge in [0.1, 0.15) is 5.75 Å². The molecular weight excluding hydrogens is 234 g/mol. The highest BCUT2D eigenvalue weighted by Crippen LogP contribution is 2.21. The normalized spacial score (nSPS) is 10.3. The molecule has 0 saturated heterocycles. The number of hydrogen-bond acceptors (Lipinski definition) is 3. The monoisotopic (exact) mass is 249 g/mol. The number of hydrogen-bond donors (Lipinski definition) is 2. The van der Waals surface area contributed by atoms with E-state index in [2.05, 4.69) is 5.32 Å². The quantitative estimate of drug-likeness (QED) is 0.830. The van der Waals surface area contributed by atoms with Gasteiger partial charge in [0.15, 0.2) is 0 Å². The van der Waals surface area contributed by atoms with Crippen LogP contribution in [0.2, 0.25) is 0 Å². The van der Waals surface area contributed by atoms with E-state index >= 15 is 0 Å². The van der Waals surface area contributed by atoms with Gasteiger partial charge in [-0.3, -0.25) is 4.79 Å². The fourth-order valence-electron chi connectivity index (χ4n) is 1.39. The Morgan fingerprint density at radius 2 is 2.17 bits per heavy atom. The topological polar surface area (TPSA) is 75.6 Å². The third-order valence-electron chi connectivity index (χ3n) is 2.24. The van der Waals surface area contributed by atoms with Crippen molar-refractivity contribution in [2.24, 2.45) is 0 Å². The van der Waals surface area contributed by atoms with Crippen molar-refractivity contribution in [2.75, 3.05) is 13.7 Å². The minimum atomic E-state index is -0.992. The molecule has 1 aromatic carbocycles. The van der Waals surface area contributed by atoms with Gasteiger partial charge in [0, 0.05) is 19.0 Å². The zero-order valence-corrected chi connectivity index (χ0v) is 10.3. The fourth-order valence-corrected chi connectivity index (χ4v) is 1.39. The smallest absolute Gasteiger partial charge is 0.335 e. The molecule has 0 aliphatic rings. The molecule has 96 valence electrons. The van der Waals surface area contributed by atoms with Gasteiger partial charge in [0.05, 0.1) is 12.7 Å². The Bertz CT molecular complexity index is 480. The highest BCUT2D eigenvalue weighted by molar-refractivity contribution is 5.89. The number of carbonyl (C=O) groups is 2. The molecule has 0 saturated carbocycles.